The van der Waals surface area contributed by atoms with Crippen molar-refractivity contribution in [2.75, 3.05) is 7.05 Å². The van der Waals surface area contributed by atoms with Crippen LogP contribution in [0.4, 0.5) is 5.69 Å². The number of amides is 1. The van der Waals surface area contributed by atoms with Crippen molar-refractivity contribution in [3.8, 4) is 0 Å². The lowest BCUT2D eigenvalue weighted by Crippen LogP contribution is -2.33. The van der Waals surface area contributed by atoms with Crippen LogP contribution in [0.1, 0.15) is 37.0 Å². The van der Waals surface area contributed by atoms with Crippen LogP contribution in [-0.2, 0) is 17.9 Å². The number of carbonyl (C=O) groups excluding carboxylic acids is 1. The minimum Gasteiger partial charge on any atom is -0.338 e. The topological polar surface area (TPSA) is 99.1 Å². The molecule has 136 valence electrons. The summed E-state index contributed by atoms with van der Waals surface area (Å²) in [5, 5.41) is 20.1. The third-order valence-corrected chi connectivity index (χ3v) is 4.38. The number of aromatic nitrogens is 4. The van der Waals surface area contributed by atoms with Gasteiger partial charge in [-0.25, -0.2) is 0 Å². The van der Waals surface area contributed by atoms with E-state index < -0.39 is 11.0 Å². The van der Waals surface area contributed by atoms with Crippen molar-refractivity contribution in [2.24, 2.45) is 0 Å². The first-order valence-electron chi connectivity index (χ1n) is 7.84. The molecule has 2 rings (SSSR count). The van der Waals surface area contributed by atoms with E-state index >= 15 is 0 Å². The third kappa shape index (κ3) is 3.65. The van der Waals surface area contributed by atoms with Crippen molar-refractivity contribution in [3.63, 3.8) is 0 Å². The molecular weight excluding hydrogens is 348 g/mol. The Labute approximate surface area is 150 Å². The number of likely N-dealkylation sites (N-methyl/N-ethyl adjacent to an activating group) is 1. The number of nitro groups is 1. The highest BCUT2D eigenvalue weighted by atomic mass is 35.5. The number of aryl methyl sites for hydroxylation is 2. The Kier molecular flexibility index (Phi) is 5.46. The number of hydrogen-bond acceptors (Lipinski definition) is 5. The molecule has 1 atom stereocenters. The predicted molar refractivity (Wildman–Crippen MR) is 92.5 cm³/mol. The quantitative estimate of drug-likeness (QED) is 0.576. The molecule has 0 saturated heterocycles. The van der Waals surface area contributed by atoms with Crippen molar-refractivity contribution in [2.45, 2.75) is 46.8 Å². The van der Waals surface area contributed by atoms with Gasteiger partial charge >= 0.3 is 5.69 Å². The minimum absolute atomic E-state index is 0.0629. The zero-order valence-corrected chi connectivity index (χ0v) is 15.6. The lowest BCUT2D eigenvalue weighted by molar-refractivity contribution is -0.386. The van der Waals surface area contributed by atoms with E-state index in [1.807, 2.05) is 6.92 Å². The molecule has 0 aliphatic carbocycles. The fraction of sp³-hybridized carbons (Fsp3) is 0.533. The summed E-state index contributed by atoms with van der Waals surface area (Å²) in [6.07, 6.45) is 1.71. The SMILES string of the molecule is CCn1cc(Cl)c(CN(C)C(=O)C(C)n2nc(C)c([N+](=O)[O-])c2C)n1. The molecule has 0 bridgehead atoms. The molecule has 0 fully saturated rings. The van der Waals surface area contributed by atoms with Gasteiger partial charge in [0.15, 0.2) is 0 Å². The van der Waals surface area contributed by atoms with Crippen molar-refractivity contribution in [1.82, 2.24) is 24.5 Å². The fourth-order valence-corrected chi connectivity index (χ4v) is 2.94. The molecule has 1 amide bonds. The number of carbonyl (C=O) groups is 1. The minimum atomic E-state index is -0.676. The third-order valence-electron chi connectivity index (χ3n) is 4.07. The highest BCUT2D eigenvalue weighted by Crippen LogP contribution is 2.25. The summed E-state index contributed by atoms with van der Waals surface area (Å²) in [6, 6.07) is -0.676. The van der Waals surface area contributed by atoms with Gasteiger partial charge in [-0.1, -0.05) is 11.6 Å². The zero-order valence-electron chi connectivity index (χ0n) is 14.9. The lowest BCUT2D eigenvalue weighted by Gasteiger charge is -2.21. The maximum atomic E-state index is 12.7. The first-order chi connectivity index (χ1) is 11.7. The lowest BCUT2D eigenvalue weighted by atomic mass is 10.2. The molecule has 9 nitrogen and oxygen atoms in total. The molecular formula is C15H21ClN6O3. The molecule has 0 aromatic carbocycles. The fourth-order valence-electron chi connectivity index (χ4n) is 2.73. The smallest absolute Gasteiger partial charge is 0.312 e. The van der Waals surface area contributed by atoms with Gasteiger partial charge in [-0.05, 0) is 27.7 Å². The van der Waals surface area contributed by atoms with Crippen molar-refractivity contribution in [1.29, 1.82) is 0 Å². The van der Waals surface area contributed by atoms with Gasteiger partial charge in [0.2, 0.25) is 5.91 Å². The van der Waals surface area contributed by atoms with Crippen LogP contribution in [0, 0.1) is 24.0 Å². The van der Waals surface area contributed by atoms with Crippen LogP contribution >= 0.6 is 11.6 Å². The molecule has 0 aliphatic rings. The standard InChI is InChI=1S/C15H21ClN6O3/c1-6-20-7-12(16)13(18-20)8-19(5)15(23)11(4)21-10(3)14(22(24)25)9(2)17-21/h7,11H,6,8H2,1-5H3. The summed E-state index contributed by atoms with van der Waals surface area (Å²) < 4.78 is 3.09. The molecule has 2 heterocycles. The van der Waals surface area contributed by atoms with E-state index in [4.69, 9.17) is 11.6 Å². The van der Waals surface area contributed by atoms with Gasteiger partial charge in [-0.15, -0.1) is 0 Å². The summed E-state index contributed by atoms with van der Waals surface area (Å²) >= 11 is 6.14. The molecule has 0 aliphatic heterocycles. The Morgan fingerprint density at radius 3 is 2.56 bits per heavy atom. The van der Waals surface area contributed by atoms with Crippen LogP contribution in [0.15, 0.2) is 6.20 Å². The molecule has 2 aromatic rings. The molecule has 10 heteroatoms. The Morgan fingerprint density at radius 1 is 1.44 bits per heavy atom. The van der Waals surface area contributed by atoms with Gasteiger partial charge in [0, 0.05) is 19.8 Å². The Bertz CT molecular complexity index is 813. The Morgan fingerprint density at radius 2 is 2.08 bits per heavy atom. The summed E-state index contributed by atoms with van der Waals surface area (Å²) in [5.74, 6) is -0.234. The number of nitrogens with zero attached hydrogens (tertiary/aromatic N) is 6. The first-order valence-corrected chi connectivity index (χ1v) is 8.22. The highest BCUT2D eigenvalue weighted by molar-refractivity contribution is 6.31. The van der Waals surface area contributed by atoms with E-state index in [0.717, 1.165) is 0 Å². The number of halogens is 1. The van der Waals surface area contributed by atoms with Crippen LogP contribution < -0.4 is 0 Å². The van der Waals surface area contributed by atoms with Gasteiger partial charge in [0.25, 0.3) is 0 Å². The van der Waals surface area contributed by atoms with Gasteiger partial charge in [0.1, 0.15) is 23.1 Å². The second-order valence-corrected chi connectivity index (χ2v) is 6.28. The second kappa shape index (κ2) is 7.22. The molecule has 0 N–H and O–H groups in total. The van der Waals surface area contributed by atoms with E-state index in [1.54, 1.807) is 38.7 Å². The van der Waals surface area contributed by atoms with Crippen molar-refractivity contribution in [3.05, 3.63) is 38.4 Å². The summed E-state index contributed by atoms with van der Waals surface area (Å²) in [6.45, 7) is 7.68. The monoisotopic (exact) mass is 368 g/mol. The van der Waals surface area contributed by atoms with Crippen LogP contribution in [0.2, 0.25) is 5.02 Å². The van der Waals surface area contributed by atoms with Gasteiger partial charge in [-0.2, -0.15) is 10.2 Å². The van der Waals surface area contributed by atoms with Crippen molar-refractivity contribution >= 4 is 23.2 Å². The summed E-state index contributed by atoms with van der Waals surface area (Å²) in [4.78, 5) is 24.8. The molecule has 0 saturated carbocycles. The average Bonchev–Trinajstić information content (AvgIpc) is 3.05. The molecule has 25 heavy (non-hydrogen) atoms. The highest BCUT2D eigenvalue weighted by Gasteiger charge is 2.28. The summed E-state index contributed by atoms with van der Waals surface area (Å²) in [7, 11) is 1.64. The van der Waals surface area contributed by atoms with E-state index in [2.05, 4.69) is 10.2 Å². The Balaban J connectivity index is 2.20. The van der Waals surface area contributed by atoms with Crippen LogP contribution in [0.5, 0.6) is 0 Å². The maximum Gasteiger partial charge on any atom is 0.312 e. The summed E-state index contributed by atoms with van der Waals surface area (Å²) in [5.41, 5.74) is 1.18. The van der Waals surface area contributed by atoms with E-state index in [9.17, 15) is 14.9 Å². The largest absolute Gasteiger partial charge is 0.338 e. The second-order valence-electron chi connectivity index (χ2n) is 5.87. The molecule has 0 radical (unpaired) electrons. The van der Waals surface area contributed by atoms with E-state index in [0.29, 0.717) is 23.0 Å². The number of rotatable bonds is 6. The first kappa shape index (κ1) is 18.9. The molecule has 2 aromatic heterocycles. The van der Waals surface area contributed by atoms with E-state index in [-0.39, 0.29) is 23.8 Å². The van der Waals surface area contributed by atoms with Crippen LogP contribution in [0.25, 0.3) is 0 Å². The maximum absolute atomic E-state index is 12.7. The van der Waals surface area contributed by atoms with Crippen molar-refractivity contribution < 1.29 is 9.72 Å². The van der Waals surface area contributed by atoms with Crippen LogP contribution in [0.3, 0.4) is 0 Å². The zero-order chi connectivity index (χ0) is 18.9. The molecule has 1 unspecified atom stereocenters. The normalized spacial score (nSPS) is 12.2. The van der Waals surface area contributed by atoms with Gasteiger partial charge in [-0.3, -0.25) is 24.3 Å². The predicted octanol–water partition coefficient (Wildman–Crippen LogP) is 2.50. The van der Waals surface area contributed by atoms with E-state index in [1.165, 1.54) is 9.58 Å². The Hall–Kier alpha value is -2.42. The van der Waals surface area contributed by atoms with Gasteiger partial charge < -0.3 is 4.90 Å². The average molecular weight is 369 g/mol. The molecule has 0 spiro atoms. The van der Waals surface area contributed by atoms with Gasteiger partial charge in [0.05, 0.1) is 16.5 Å². The van der Waals surface area contributed by atoms with Crippen LogP contribution in [-0.4, -0.2) is 42.3 Å². The number of hydrogen-bond donors (Lipinski definition) is 0.